The number of anilines is 1. The molecule has 1 N–H and O–H groups in total. The maximum absolute atomic E-state index is 13.2. The summed E-state index contributed by atoms with van der Waals surface area (Å²) in [6, 6.07) is 0. The molecule has 0 bridgehead atoms. The minimum Gasteiger partial charge on any atom is -0.379 e. The molecular weight excluding hydrogens is 408 g/mol. The molecule has 176 valence electrons. The van der Waals surface area contributed by atoms with E-state index in [-0.39, 0.29) is 23.7 Å². The van der Waals surface area contributed by atoms with Crippen LogP contribution in [0.3, 0.4) is 0 Å². The molecule has 2 amide bonds. The Morgan fingerprint density at radius 1 is 1.09 bits per heavy atom. The van der Waals surface area contributed by atoms with Gasteiger partial charge in [-0.05, 0) is 12.8 Å². The van der Waals surface area contributed by atoms with Gasteiger partial charge in [-0.15, -0.1) is 0 Å². The van der Waals surface area contributed by atoms with Crippen LogP contribution < -0.4 is 5.32 Å². The highest BCUT2D eigenvalue weighted by Gasteiger charge is 2.31. The smallest absolute Gasteiger partial charge is 0.227 e. The monoisotopic (exact) mass is 444 g/mol. The van der Waals surface area contributed by atoms with Crippen molar-refractivity contribution < 1.29 is 14.3 Å². The Labute approximate surface area is 190 Å². The molecule has 0 saturated carbocycles. The van der Waals surface area contributed by atoms with Gasteiger partial charge in [0.2, 0.25) is 11.8 Å². The Balaban J connectivity index is 1.43. The molecule has 32 heavy (non-hydrogen) atoms. The highest BCUT2D eigenvalue weighted by Crippen LogP contribution is 2.31. The van der Waals surface area contributed by atoms with Crippen LogP contribution in [0, 0.1) is 5.92 Å². The third-order valence-electron chi connectivity index (χ3n) is 6.99. The Morgan fingerprint density at radius 2 is 1.81 bits per heavy atom. The number of aromatic nitrogens is 2. The molecule has 9 heteroatoms. The number of carbonyl (C=O) groups is 2. The summed E-state index contributed by atoms with van der Waals surface area (Å²) in [7, 11) is 1.88. The lowest BCUT2D eigenvalue weighted by atomic mass is 9.95. The summed E-state index contributed by atoms with van der Waals surface area (Å²) >= 11 is 0. The first-order chi connectivity index (χ1) is 15.5. The van der Waals surface area contributed by atoms with Gasteiger partial charge in [-0.3, -0.25) is 14.5 Å². The van der Waals surface area contributed by atoms with Crippen LogP contribution in [0.2, 0.25) is 0 Å². The van der Waals surface area contributed by atoms with Crippen molar-refractivity contribution in [3.8, 4) is 0 Å². The van der Waals surface area contributed by atoms with Gasteiger partial charge >= 0.3 is 0 Å². The van der Waals surface area contributed by atoms with Crippen LogP contribution >= 0.6 is 0 Å². The normalized spacial score (nSPS) is 21.2. The number of likely N-dealkylation sites (tertiary alicyclic amines) is 1. The lowest BCUT2D eigenvalue weighted by Gasteiger charge is -2.35. The van der Waals surface area contributed by atoms with E-state index >= 15 is 0 Å². The van der Waals surface area contributed by atoms with Crippen molar-refractivity contribution in [1.29, 1.82) is 0 Å². The highest BCUT2D eigenvalue weighted by molar-refractivity contribution is 5.79. The molecule has 9 nitrogen and oxygen atoms in total. The van der Waals surface area contributed by atoms with Gasteiger partial charge in [-0.2, -0.15) is 0 Å². The number of morpholine rings is 1. The second-order valence-electron chi connectivity index (χ2n) is 9.21. The lowest BCUT2D eigenvalue weighted by Crippen LogP contribution is -2.45. The van der Waals surface area contributed by atoms with E-state index in [1.165, 1.54) is 0 Å². The number of amides is 2. The average molecular weight is 445 g/mol. The van der Waals surface area contributed by atoms with Crippen molar-refractivity contribution in [2.45, 2.75) is 45.6 Å². The molecule has 0 spiro atoms. The fraction of sp³-hybridized carbons (Fsp3) is 0.739. The number of rotatable bonds is 5. The van der Waals surface area contributed by atoms with Crippen molar-refractivity contribution in [1.82, 2.24) is 24.7 Å². The second-order valence-corrected chi connectivity index (χ2v) is 9.21. The summed E-state index contributed by atoms with van der Waals surface area (Å²) in [4.78, 5) is 40.7. The fourth-order valence-electron chi connectivity index (χ4n) is 5.02. The van der Waals surface area contributed by atoms with Crippen molar-refractivity contribution >= 4 is 17.6 Å². The van der Waals surface area contributed by atoms with Crippen molar-refractivity contribution in [2.75, 3.05) is 64.8 Å². The number of fused-ring (bicyclic) bond motifs is 1. The SMILES string of the molecule is CNc1nc(C2CCN(C(C)=O)CC2)nc2c1CN(C(=O)[C@@H](C)CN1CCOCC1)CC2. The predicted octanol–water partition coefficient (Wildman–Crippen LogP) is 1.10. The van der Waals surface area contributed by atoms with Crippen molar-refractivity contribution in [3.05, 3.63) is 17.1 Å². The summed E-state index contributed by atoms with van der Waals surface area (Å²) < 4.78 is 5.42. The van der Waals surface area contributed by atoms with Crippen LogP contribution in [0.4, 0.5) is 5.82 Å². The standard InChI is InChI=1S/C23H36N6O3/c1-16(14-27-10-12-32-13-11-27)23(31)29-9-6-20-19(15-29)22(24-3)26-21(25-20)18-4-7-28(8-5-18)17(2)30/h16,18H,4-15H2,1-3H3,(H,24,25,26)/t16-/m0/s1. The van der Waals surface area contributed by atoms with Gasteiger partial charge in [0.15, 0.2) is 0 Å². The minimum absolute atomic E-state index is 0.0423. The van der Waals surface area contributed by atoms with Crippen LogP contribution in [-0.4, -0.2) is 96.0 Å². The molecule has 0 aromatic carbocycles. The van der Waals surface area contributed by atoms with Gasteiger partial charge in [-0.1, -0.05) is 6.92 Å². The van der Waals surface area contributed by atoms with Crippen LogP contribution in [0.5, 0.6) is 0 Å². The van der Waals surface area contributed by atoms with E-state index in [9.17, 15) is 9.59 Å². The number of ether oxygens (including phenoxy) is 1. The number of hydrogen-bond donors (Lipinski definition) is 1. The zero-order chi connectivity index (χ0) is 22.7. The van der Waals surface area contributed by atoms with E-state index in [0.29, 0.717) is 13.1 Å². The van der Waals surface area contributed by atoms with Gasteiger partial charge in [0.25, 0.3) is 0 Å². The van der Waals surface area contributed by atoms with Crippen LogP contribution in [-0.2, 0) is 27.3 Å². The highest BCUT2D eigenvalue weighted by atomic mass is 16.5. The Bertz CT molecular complexity index is 816. The van der Waals surface area contributed by atoms with E-state index in [0.717, 1.165) is 88.1 Å². The van der Waals surface area contributed by atoms with Crippen LogP contribution in [0.15, 0.2) is 0 Å². The Morgan fingerprint density at radius 3 is 2.47 bits per heavy atom. The maximum atomic E-state index is 13.2. The maximum Gasteiger partial charge on any atom is 0.227 e. The van der Waals surface area contributed by atoms with Crippen molar-refractivity contribution in [3.63, 3.8) is 0 Å². The molecule has 4 heterocycles. The summed E-state index contributed by atoms with van der Waals surface area (Å²) in [5.41, 5.74) is 2.09. The van der Waals surface area contributed by atoms with Gasteiger partial charge in [-0.25, -0.2) is 9.97 Å². The van der Waals surface area contributed by atoms with E-state index < -0.39 is 0 Å². The third-order valence-corrected chi connectivity index (χ3v) is 6.99. The summed E-state index contributed by atoms with van der Waals surface area (Å²) in [6.45, 7) is 10.5. The van der Waals surface area contributed by atoms with Gasteiger partial charge in [0.1, 0.15) is 11.6 Å². The number of piperidine rings is 1. The van der Waals surface area contributed by atoms with Crippen molar-refractivity contribution in [2.24, 2.45) is 5.92 Å². The zero-order valence-corrected chi connectivity index (χ0v) is 19.6. The topological polar surface area (TPSA) is 90.9 Å². The molecule has 3 aliphatic rings. The van der Waals surface area contributed by atoms with E-state index in [4.69, 9.17) is 14.7 Å². The number of hydrogen-bond acceptors (Lipinski definition) is 7. The van der Waals surface area contributed by atoms with Crippen LogP contribution in [0.25, 0.3) is 0 Å². The van der Waals surface area contributed by atoms with E-state index in [2.05, 4.69) is 10.2 Å². The van der Waals surface area contributed by atoms with Gasteiger partial charge in [0, 0.05) is 77.1 Å². The molecule has 0 unspecified atom stereocenters. The predicted molar refractivity (Wildman–Crippen MR) is 121 cm³/mol. The molecule has 2 fully saturated rings. The molecule has 1 atom stereocenters. The number of nitrogens with one attached hydrogen (secondary N) is 1. The molecule has 0 aliphatic carbocycles. The molecule has 1 aromatic rings. The molecule has 4 rings (SSSR count). The average Bonchev–Trinajstić information content (AvgIpc) is 2.83. The molecule has 2 saturated heterocycles. The molecule has 0 radical (unpaired) electrons. The summed E-state index contributed by atoms with van der Waals surface area (Å²) in [5.74, 6) is 2.27. The van der Waals surface area contributed by atoms with Gasteiger partial charge < -0.3 is 19.9 Å². The van der Waals surface area contributed by atoms with Gasteiger partial charge in [0.05, 0.1) is 25.5 Å². The summed E-state index contributed by atoms with van der Waals surface area (Å²) in [5, 5.41) is 3.24. The Hall–Kier alpha value is -2.26. The first-order valence-corrected chi connectivity index (χ1v) is 11.9. The third kappa shape index (κ3) is 5.04. The number of carbonyl (C=O) groups excluding carboxylic acids is 2. The molecule has 3 aliphatic heterocycles. The molecule has 1 aromatic heterocycles. The second kappa shape index (κ2) is 10.1. The lowest BCUT2D eigenvalue weighted by molar-refractivity contribution is -0.137. The summed E-state index contributed by atoms with van der Waals surface area (Å²) in [6.07, 6.45) is 2.54. The number of nitrogens with zero attached hydrogens (tertiary/aromatic N) is 5. The van der Waals surface area contributed by atoms with Crippen LogP contribution in [0.1, 0.15) is 49.7 Å². The Kier molecular flexibility index (Phi) is 7.25. The molecular formula is C23H36N6O3. The first-order valence-electron chi connectivity index (χ1n) is 11.9. The first kappa shape index (κ1) is 22.9. The fourth-order valence-corrected chi connectivity index (χ4v) is 5.02. The quantitative estimate of drug-likeness (QED) is 0.727. The van der Waals surface area contributed by atoms with E-state index in [1.807, 2.05) is 23.8 Å². The zero-order valence-electron chi connectivity index (χ0n) is 19.6. The van der Waals surface area contributed by atoms with E-state index in [1.54, 1.807) is 6.92 Å². The largest absolute Gasteiger partial charge is 0.379 e. The minimum atomic E-state index is -0.0423.